The Bertz CT molecular complexity index is 1020. The number of nitrogens with one attached hydrogen (secondary N) is 1. The van der Waals surface area contributed by atoms with Crippen LogP contribution in [0.4, 0.5) is 17.6 Å². The SMILES string of the molecule is CCSc1nc(-c2cn[nH]c2)cc(=O)n1-c1ccc(OCC(F)(F)F)c(F)c1. The zero-order valence-electron chi connectivity index (χ0n) is 14.5. The molecule has 0 saturated carbocycles. The van der Waals surface area contributed by atoms with Gasteiger partial charge in [0.15, 0.2) is 23.3 Å². The number of hydrogen-bond acceptors (Lipinski definition) is 5. The molecule has 2 heterocycles. The number of halogens is 4. The largest absolute Gasteiger partial charge is 0.481 e. The first-order valence-electron chi connectivity index (χ1n) is 8.04. The molecule has 2 aromatic heterocycles. The van der Waals surface area contributed by atoms with Crippen molar-refractivity contribution in [1.29, 1.82) is 0 Å². The minimum Gasteiger partial charge on any atom is -0.481 e. The Kier molecular flexibility index (Phi) is 5.73. The third-order valence-electron chi connectivity index (χ3n) is 3.52. The summed E-state index contributed by atoms with van der Waals surface area (Å²) >= 11 is 1.26. The number of benzene rings is 1. The molecular weight excluding hydrogens is 400 g/mol. The number of ether oxygens (including phenoxy) is 1. The second-order valence-corrected chi connectivity index (χ2v) is 6.77. The minimum atomic E-state index is -4.58. The van der Waals surface area contributed by atoms with Crippen molar-refractivity contribution in [2.45, 2.75) is 18.3 Å². The van der Waals surface area contributed by atoms with E-state index >= 15 is 0 Å². The van der Waals surface area contributed by atoms with Gasteiger partial charge in [0.25, 0.3) is 5.56 Å². The highest BCUT2D eigenvalue weighted by Crippen LogP contribution is 2.26. The number of aromatic amines is 1. The number of rotatable bonds is 6. The summed E-state index contributed by atoms with van der Waals surface area (Å²) in [6.07, 6.45) is -1.49. The predicted molar refractivity (Wildman–Crippen MR) is 95.3 cm³/mol. The quantitative estimate of drug-likeness (QED) is 0.377. The monoisotopic (exact) mass is 414 g/mol. The second kappa shape index (κ2) is 8.05. The normalized spacial score (nSPS) is 11.6. The van der Waals surface area contributed by atoms with Gasteiger partial charge < -0.3 is 4.74 Å². The molecule has 0 fully saturated rings. The first kappa shape index (κ1) is 19.9. The smallest absolute Gasteiger partial charge is 0.422 e. The van der Waals surface area contributed by atoms with Crippen LogP contribution in [-0.4, -0.2) is 38.3 Å². The first-order valence-corrected chi connectivity index (χ1v) is 9.02. The van der Waals surface area contributed by atoms with Crippen molar-refractivity contribution in [3.63, 3.8) is 0 Å². The van der Waals surface area contributed by atoms with Gasteiger partial charge >= 0.3 is 6.18 Å². The fourth-order valence-electron chi connectivity index (χ4n) is 2.37. The van der Waals surface area contributed by atoms with Gasteiger partial charge in [-0.25, -0.2) is 9.37 Å². The highest BCUT2D eigenvalue weighted by Gasteiger charge is 2.29. The highest BCUT2D eigenvalue weighted by molar-refractivity contribution is 7.99. The summed E-state index contributed by atoms with van der Waals surface area (Å²) in [7, 11) is 0. The number of H-pyrrole nitrogens is 1. The Hall–Kier alpha value is -2.82. The lowest BCUT2D eigenvalue weighted by Gasteiger charge is -2.14. The molecule has 0 atom stereocenters. The number of nitrogens with zero attached hydrogens (tertiary/aromatic N) is 3. The van der Waals surface area contributed by atoms with E-state index in [0.29, 0.717) is 22.2 Å². The van der Waals surface area contributed by atoms with Crippen LogP contribution in [0.25, 0.3) is 16.9 Å². The number of alkyl halides is 3. The van der Waals surface area contributed by atoms with Gasteiger partial charge in [-0.2, -0.15) is 18.3 Å². The molecule has 0 amide bonds. The Balaban J connectivity index is 2.00. The Labute approximate surface area is 160 Å². The van der Waals surface area contributed by atoms with E-state index in [0.717, 1.165) is 12.1 Å². The second-order valence-electron chi connectivity index (χ2n) is 5.54. The topological polar surface area (TPSA) is 72.8 Å². The van der Waals surface area contributed by atoms with Gasteiger partial charge in [-0.05, 0) is 17.9 Å². The van der Waals surface area contributed by atoms with Crippen LogP contribution in [-0.2, 0) is 0 Å². The molecule has 0 saturated heterocycles. The molecule has 3 aromatic rings. The van der Waals surface area contributed by atoms with Gasteiger partial charge in [0, 0.05) is 23.9 Å². The average molecular weight is 414 g/mol. The number of thioether (sulfide) groups is 1. The van der Waals surface area contributed by atoms with Gasteiger partial charge in [-0.1, -0.05) is 18.7 Å². The molecule has 1 N–H and O–H groups in total. The van der Waals surface area contributed by atoms with Crippen molar-refractivity contribution < 1.29 is 22.3 Å². The van der Waals surface area contributed by atoms with Gasteiger partial charge in [-0.15, -0.1) is 0 Å². The predicted octanol–water partition coefficient (Wildman–Crippen LogP) is 3.81. The van der Waals surface area contributed by atoms with Crippen LogP contribution in [0.1, 0.15) is 6.92 Å². The van der Waals surface area contributed by atoms with Crippen LogP contribution in [0.2, 0.25) is 0 Å². The molecular formula is C17H14F4N4O2S. The van der Waals surface area contributed by atoms with E-state index in [-0.39, 0.29) is 5.69 Å². The Morgan fingerprint density at radius 2 is 2.07 bits per heavy atom. The molecule has 148 valence electrons. The lowest BCUT2D eigenvalue weighted by Crippen LogP contribution is -2.22. The minimum absolute atomic E-state index is 0.129. The third kappa shape index (κ3) is 4.53. The maximum Gasteiger partial charge on any atom is 0.422 e. The molecule has 0 aliphatic rings. The van der Waals surface area contributed by atoms with E-state index in [1.54, 1.807) is 6.20 Å². The van der Waals surface area contributed by atoms with E-state index in [4.69, 9.17) is 0 Å². The highest BCUT2D eigenvalue weighted by atomic mass is 32.2. The van der Waals surface area contributed by atoms with Crippen molar-refractivity contribution in [2.75, 3.05) is 12.4 Å². The summed E-state index contributed by atoms with van der Waals surface area (Å²) in [4.78, 5) is 17.1. The summed E-state index contributed by atoms with van der Waals surface area (Å²) in [6.45, 7) is 0.251. The van der Waals surface area contributed by atoms with E-state index < -0.39 is 29.9 Å². The maximum atomic E-state index is 14.2. The fourth-order valence-corrected chi connectivity index (χ4v) is 3.11. The molecule has 1 aromatic carbocycles. The lowest BCUT2D eigenvalue weighted by atomic mass is 10.2. The first-order chi connectivity index (χ1) is 13.3. The Morgan fingerprint density at radius 1 is 1.29 bits per heavy atom. The fraction of sp³-hybridized carbons (Fsp3) is 0.235. The summed E-state index contributed by atoms with van der Waals surface area (Å²) in [5.74, 6) is -0.974. The van der Waals surface area contributed by atoms with Crippen molar-refractivity contribution in [1.82, 2.24) is 19.7 Å². The van der Waals surface area contributed by atoms with Gasteiger partial charge in [0.2, 0.25) is 0 Å². The molecule has 6 nitrogen and oxygen atoms in total. The molecule has 0 bridgehead atoms. The van der Waals surface area contributed by atoms with E-state index in [1.807, 2.05) is 6.92 Å². The van der Waals surface area contributed by atoms with Crippen LogP contribution in [0.15, 0.2) is 46.6 Å². The molecule has 11 heteroatoms. The van der Waals surface area contributed by atoms with Crippen LogP contribution < -0.4 is 10.3 Å². The van der Waals surface area contributed by atoms with E-state index in [1.165, 1.54) is 34.7 Å². The molecule has 0 aliphatic heterocycles. The zero-order valence-corrected chi connectivity index (χ0v) is 15.3. The summed E-state index contributed by atoms with van der Waals surface area (Å²) in [5, 5.41) is 6.76. The van der Waals surface area contributed by atoms with Crippen molar-refractivity contribution in [3.8, 4) is 22.7 Å². The van der Waals surface area contributed by atoms with Crippen molar-refractivity contribution in [2.24, 2.45) is 0 Å². The van der Waals surface area contributed by atoms with Gasteiger partial charge in [-0.3, -0.25) is 14.5 Å². The summed E-state index contributed by atoms with van der Waals surface area (Å²) in [5.41, 5.74) is 0.676. The van der Waals surface area contributed by atoms with Crippen LogP contribution in [0.5, 0.6) is 5.75 Å². The molecule has 0 radical (unpaired) electrons. The lowest BCUT2D eigenvalue weighted by molar-refractivity contribution is -0.153. The van der Waals surface area contributed by atoms with Gasteiger partial charge in [0.05, 0.1) is 17.6 Å². The van der Waals surface area contributed by atoms with Crippen molar-refractivity contribution in [3.05, 3.63) is 52.8 Å². The summed E-state index contributed by atoms with van der Waals surface area (Å²) in [6, 6.07) is 4.56. The van der Waals surface area contributed by atoms with Crippen LogP contribution >= 0.6 is 11.8 Å². The maximum absolute atomic E-state index is 14.2. The molecule has 0 spiro atoms. The van der Waals surface area contributed by atoms with Crippen molar-refractivity contribution >= 4 is 11.8 Å². The Morgan fingerprint density at radius 3 is 2.68 bits per heavy atom. The third-order valence-corrected chi connectivity index (χ3v) is 4.34. The zero-order chi connectivity index (χ0) is 20.3. The molecule has 28 heavy (non-hydrogen) atoms. The number of hydrogen-bond donors (Lipinski definition) is 1. The molecule has 0 aliphatic carbocycles. The van der Waals surface area contributed by atoms with E-state index in [9.17, 15) is 22.4 Å². The van der Waals surface area contributed by atoms with Crippen LogP contribution in [0.3, 0.4) is 0 Å². The summed E-state index contributed by atoms with van der Waals surface area (Å²) < 4.78 is 56.6. The molecule has 0 unspecified atom stereocenters. The standard InChI is InChI=1S/C17H14F4N4O2S/c1-2-28-16-24-13(10-7-22-23-8-10)6-15(26)25(16)11-3-4-14(12(18)5-11)27-9-17(19,20)21/h3-8H,2,9H2,1H3,(H,22,23). The van der Waals surface area contributed by atoms with Crippen LogP contribution in [0, 0.1) is 5.82 Å². The molecule has 3 rings (SSSR count). The average Bonchev–Trinajstić information content (AvgIpc) is 3.14. The van der Waals surface area contributed by atoms with E-state index in [2.05, 4.69) is 19.9 Å². The number of aromatic nitrogens is 4. The van der Waals surface area contributed by atoms with Gasteiger partial charge in [0.1, 0.15) is 0 Å².